The van der Waals surface area contributed by atoms with E-state index in [-0.39, 0.29) is 31.3 Å². The van der Waals surface area contributed by atoms with Crippen molar-refractivity contribution in [2.24, 2.45) is 0 Å². The van der Waals surface area contributed by atoms with Gasteiger partial charge in [-0.25, -0.2) is 0 Å². The lowest BCUT2D eigenvalue weighted by Crippen LogP contribution is -2.40. The molecule has 7 heteroatoms. The molecule has 0 heterocycles. The highest BCUT2D eigenvalue weighted by Crippen LogP contribution is 2.22. The third kappa shape index (κ3) is 6.11. The molecule has 0 aliphatic carbocycles. The fraction of sp³-hybridized carbons (Fsp3) is 0.333. The zero-order valence-electron chi connectivity index (χ0n) is 15.8. The monoisotopic (exact) mass is 392 g/mol. The molecule has 0 unspecified atom stereocenters. The van der Waals surface area contributed by atoms with Gasteiger partial charge in [0.05, 0.1) is 0 Å². The summed E-state index contributed by atoms with van der Waals surface area (Å²) in [6.45, 7) is 3.19. The van der Waals surface area contributed by atoms with Crippen LogP contribution in [0.25, 0.3) is 0 Å². The van der Waals surface area contributed by atoms with E-state index in [4.69, 9.17) is 0 Å². The lowest BCUT2D eigenvalue weighted by atomic mass is 9.97. The predicted molar refractivity (Wildman–Crippen MR) is 102 cm³/mol. The van der Waals surface area contributed by atoms with Crippen LogP contribution in [-0.4, -0.2) is 29.4 Å². The molecular formula is C21H23F3N2O2. The van der Waals surface area contributed by atoms with Crippen LogP contribution in [0, 0.1) is 0 Å². The standard InChI is InChI=1S/C21H23F3N2O2/c1-3-26(20(28)21(22,23)24)14-16-8-7-11-18(13-16)25-19(27)12-15(2)17-9-5-4-6-10-17/h4-11,13,15H,3,12,14H2,1-2H3,(H,25,27)/t15-/m1/s1. The number of halogens is 3. The summed E-state index contributed by atoms with van der Waals surface area (Å²) in [6.07, 6.45) is -4.63. The van der Waals surface area contributed by atoms with Crippen LogP contribution in [0.5, 0.6) is 0 Å². The smallest absolute Gasteiger partial charge is 0.331 e. The number of hydrogen-bond acceptors (Lipinski definition) is 2. The number of hydrogen-bond donors (Lipinski definition) is 1. The van der Waals surface area contributed by atoms with Crippen LogP contribution < -0.4 is 5.32 Å². The Morgan fingerprint density at radius 2 is 1.75 bits per heavy atom. The first kappa shape index (κ1) is 21.5. The highest BCUT2D eigenvalue weighted by Gasteiger charge is 2.41. The molecule has 0 aliphatic rings. The molecule has 1 N–H and O–H groups in total. The van der Waals surface area contributed by atoms with Crippen molar-refractivity contribution >= 4 is 17.5 Å². The molecule has 2 amide bonds. The van der Waals surface area contributed by atoms with Gasteiger partial charge >= 0.3 is 12.1 Å². The Bertz CT molecular complexity index is 807. The van der Waals surface area contributed by atoms with E-state index in [2.05, 4.69) is 5.32 Å². The highest BCUT2D eigenvalue weighted by molar-refractivity contribution is 5.91. The van der Waals surface area contributed by atoms with Gasteiger partial charge in [-0.15, -0.1) is 0 Å². The summed E-state index contributed by atoms with van der Waals surface area (Å²) in [6, 6.07) is 16.1. The number of benzene rings is 2. The average Bonchev–Trinajstić information content (AvgIpc) is 2.65. The fourth-order valence-electron chi connectivity index (χ4n) is 2.86. The van der Waals surface area contributed by atoms with Crippen LogP contribution in [0.1, 0.15) is 37.3 Å². The second-order valence-electron chi connectivity index (χ2n) is 6.58. The van der Waals surface area contributed by atoms with E-state index in [1.807, 2.05) is 37.3 Å². The molecule has 4 nitrogen and oxygen atoms in total. The normalized spacial score (nSPS) is 12.3. The second-order valence-corrected chi connectivity index (χ2v) is 6.58. The molecule has 0 aliphatic heterocycles. The van der Waals surface area contributed by atoms with Gasteiger partial charge < -0.3 is 10.2 Å². The van der Waals surface area contributed by atoms with Crippen molar-refractivity contribution in [1.82, 2.24) is 4.90 Å². The van der Waals surface area contributed by atoms with Gasteiger partial charge in [0.2, 0.25) is 5.91 Å². The first-order valence-corrected chi connectivity index (χ1v) is 9.00. The minimum atomic E-state index is -4.91. The number of nitrogens with zero attached hydrogens (tertiary/aromatic N) is 1. The third-order valence-corrected chi connectivity index (χ3v) is 4.36. The van der Waals surface area contributed by atoms with E-state index in [1.165, 1.54) is 6.92 Å². The summed E-state index contributed by atoms with van der Waals surface area (Å²) >= 11 is 0. The van der Waals surface area contributed by atoms with Gasteiger partial charge in [0.15, 0.2) is 0 Å². The Labute approximate surface area is 162 Å². The van der Waals surface area contributed by atoms with Crippen molar-refractivity contribution in [3.05, 3.63) is 65.7 Å². The molecule has 0 spiro atoms. The Morgan fingerprint density at radius 1 is 1.07 bits per heavy atom. The quantitative estimate of drug-likeness (QED) is 0.741. The number of alkyl halides is 3. The first-order chi connectivity index (χ1) is 13.2. The third-order valence-electron chi connectivity index (χ3n) is 4.36. The number of anilines is 1. The Morgan fingerprint density at radius 3 is 2.36 bits per heavy atom. The van der Waals surface area contributed by atoms with Gasteiger partial charge in [0.1, 0.15) is 0 Å². The van der Waals surface area contributed by atoms with E-state index < -0.39 is 12.1 Å². The van der Waals surface area contributed by atoms with Crippen molar-refractivity contribution in [1.29, 1.82) is 0 Å². The first-order valence-electron chi connectivity index (χ1n) is 9.00. The average molecular weight is 392 g/mol. The predicted octanol–water partition coefficient (Wildman–Crippen LogP) is 4.73. The molecule has 0 fully saturated rings. The van der Waals surface area contributed by atoms with Gasteiger partial charge in [-0.2, -0.15) is 13.2 Å². The zero-order valence-corrected chi connectivity index (χ0v) is 15.8. The maximum atomic E-state index is 12.7. The molecule has 0 saturated heterocycles. The maximum absolute atomic E-state index is 12.7. The van der Waals surface area contributed by atoms with Crippen LogP contribution in [-0.2, 0) is 16.1 Å². The van der Waals surface area contributed by atoms with Crippen LogP contribution >= 0.6 is 0 Å². The van der Waals surface area contributed by atoms with Gasteiger partial charge in [0, 0.05) is 25.2 Å². The summed E-state index contributed by atoms with van der Waals surface area (Å²) in [5.41, 5.74) is 2.04. The van der Waals surface area contributed by atoms with E-state index in [1.54, 1.807) is 24.3 Å². The number of rotatable bonds is 7. The minimum absolute atomic E-state index is 0.0318. The molecule has 2 rings (SSSR count). The summed E-state index contributed by atoms with van der Waals surface area (Å²) in [5, 5.41) is 2.77. The largest absolute Gasteiger partial charge is 0.471 e. The van der Waals surface area contributed by atoms with Gasteiger partial charge in [-0.05, 0) is 36.1 Å². The lowest BCUT2D eigenvalue weighted by Gasteiger charge is -2.22. The lowest BCUT2D eigenvalue weighted by molar-refractivity contribution is -0.185. The summed E-state index contributed by atoms with van der Waals surface area (Å²) < 4.78 is 38.0. The zero-order chi connectivity index (χ0) is 20.7. The summed E-state index contributed by atoms with van der Waals surface area (Å²) in [4.78, 5) is 24.5. The Balaban J connectivity index is 2.00. The molecule has 2 aromatic rings. The van der Waals surface area contributed by atoms with Crippen molar-refractivity contribution < 1.29 is 22.8 Å². The van der Waals surface area contributed by atoms with Crippen LogP contribution in [0.3, 0.4) is 0 Å². The second kappa shape index (κ2) is 9.39. The van der Waals surface area contributed by atoms with Crippen LogP contribution in [0.4, 0.5) is 18.9 Å². The topological polar surface area (TPSA) is 49.4 Å². The van der Waals surface area contributed by atoms with Crippen molar-refractivity contribution in [2.45, 2.75) is 38.9 Å². The van der Waals surface area contributed by atoms with Crippen molar-refractivity contribution in [3.8, 4) is 0 Å². The SMILES string of the molecule is CCN(Cc1cccc(NC(=O)C[C@@H](C)c2ccccc2)c1)C(=O)C(F)(F)F. The number of amides is 2. The molecule has 0 bridgehead atoms. The van der Waals surface area contributed by atoms with E-state index >= 15 is 0 Å². The molecular weight excluding hydrogens is 369 g/mol. The van der Waals surface area contributed by atoms with Gasteiger partial charge in [-0.1, -0.05) is 49.4 Å². The Hall–Kier alpha value is -2.83. The van der Waals surface area contributed by atoms with Gasteiger partial charge in [0.25, 0.3) is 0 Å². The summed E-state index contributed by atoms with van der Waals surface area (Å²) in [5.74, 6) is -2.03. The highest BCUT2D eigenvalue weighted by atomic mass is 19.4. The van der Waals surface area contributed by atoms with Crippen LogP contribution in [0.2, 0.25) is 0 Å². The molecule has 0 aromatic heterocycles. The fourth-order valence-corrected chi connectivity index (χ4v) is 2.86. The maximum Gasteiger partial charge on any atom is 0.471 e. The Kier molecular flexibility index (Phi) is 7.20. The van der Waals surface area contributed by atoms with Gasteiger partial charge in [-0.3, -0.25) is 9.59 Å². The molecule has 0 radical (unpaired) electrons. The van der Waals surface area contributed by atoms with Crippen LogP contribution in [0.15, 0.2) is 54.6 Å². The van der Waals surface area contributed by atoms with E-state index in [0.717, 1.165) is 10.5 Å². The molecule has 150 valence electrons. The molecule has 0 saturated carbocycles. The molecule has 1 atom stereocenters. The molecule has 2 aromatic carbocycles. The number of carbonyl (C=O) groups is 2. The number of carbonyl (C=O) groups excluding carboxylic acids is 2. The summed E-state index contributed by atoms with van der Waals surface area (Å²) in [7, 11) is 0. The number of nitrogens with one attached hydrogen (secondary N) is 1. The minimum Gasteiger partial charge on any atom is -0.331 e. The molecule has 28 heavy (non-hydrogen) atoms. The van der Waals surface area contributed by atoms with E-state index in [0.29, 0.717) is 11.3 Å². The van der Waals surface area contributed by atoms with E-state index in [9.17, 15) is 22.8 Å². The van der Waals surface area contributed by atoms with Crippen molar-refractivity contribution in [2.75, 3.05) is 11.9 Å². The van der Waals surface area contributed by atoms with Crippen molar-refractivity contribution in [3.63, 3.8) is 0 Å².